The highest BCUT2D eigenvalue weighted by atomic mass is 32.2. The number of carbonyl (C=O) groups is 3. The number of para-hydroxylation sites is 1. The second-order valence-electron chi connectivity index (χ2n) is 8.09. The summed E-state index contributed by atoms with van der Waals surface area (Å²) in [6.45, 7) is 0.773. The van der Waals surface area contributed by atoms with E-state index in [0.29, 0.717) is 34.4 Å². The van der Waals surface area contributed by atoms with Gasteiger partial charge in [0, 0.05) is 17.9 Å². The zero-order valence-corrected chi connectivity index (χ0v) is 19.6. The number of rotatable bonds is 5. The summed E-state index contributed by atoms with van der Waals surface area (Å²) in [7, 11) is 0. The molecule has 1 N–H and O–H groups in total. The van der Waals surface area contributed by atoms with Crippen molar-refractivity contribution in [3.05, 3.63) is 64.8 Å². The molecule has 2 aromatic carbocycles. The number of anilines is 2. The Morgan fingerprint density at radius 3 is 2.62 bits per heavy atom. The number of thioether (sulfide) groups is 1. The molecule has 0 radical (unpaired) electrons. The number of thiocarbonyl (C=S) groups is 1. The summed E-state index contributed by atoms with van der Waals surface area (Å²) in [6, 6.07) is 12.4. The summed E-state index contributed by atoms with van der Waals surface area (Å²) in [5.41, 5.74) is 1.79. The second kappa shape index (κ2) is 9.28. The molecule has 0 saturated carbocycles. The molecule has 0 bridgehead atoms. The highest BCUT2D eigenvalue weighted by Gasteiger charge is 2.43. The van der Waals surface area contributed by atoms with Crippen molar-refractivity contribution in [1.29, 1.82) is 0 Å². The molecular formula is C24H20FN3O4S2. The summed E-state index contributed by atoms with van der Waals surface area (Å²) in [5.74, 6) is -1.61. The Labute approximate surface area is 204 Å². The Morgan fingerprint density at radius 2 is 1.88 bits per heavy atom. The number of hydrogen-bond acceptors (Lipinski definition) is 6. The summed E-state index contributed by atoms with van der Waals surface area (Å²) in [6.07, 6.45) is 1.74. The average molecular weight is 498 g/mol. The van der Waals surface area contributed by atoms with Gasteiger partial charge < -0.3 is 10.1 Å². The van der Waals surface area contributed by atoms with Gasteiger partial charge in [0.2, 0.25) is 5.91 Å². The van der Waals surface area contributed by atoms with Gasteiger partial charge in [-0.15, -0.1) is 0 Å². The standard InChI is InChI=1S/C24H20FN3O4S2/c25-14-7-9-15(10-8-14)26-19(29)13-27-18-6-2-1-5-17(18)20(22(27)30)21-23(31)28(24(33)34-21)12-16-4-3-11-32-16/h1-2,5-10,16H,3-4,11-13H2,(H,26,29)/b21-20-/t16-/m0/s1. The molecule has 0 aliphatic carbocycles. The van der Waals surface area contributed by atoms with Gasteiger partial charge in [-0.1, -0.05) is 42.2 Å². The Hall–Kier alpha value is -3.08. The maximum absolute atomic E-state index is 13.5. The van der Waals surface area contributed by atoms with Crippen LogP contribution in [0.1, 0.15) is 18.4 Å². The lowest BCUT2D eigenvalue weighted by Gasteiger charge is -2.18. The van der Waals surface area contributed by atoms with Crippen LogP contribution in [-0.4, -0.2) is 52.7 Å². The maximum Gasteiger partial charge on any atom is 0.267 e. The van der Waals surface area contributed by atoms with E-state index >= 15 is 0 Å². The molecule has 0 aromatic heterocycles. The van der Waals surface area contributed by atoms with Gasteiger partial charge in [0.25, 0.3) is 11.8 Å². The van der Waals surface area contributed by atoms with Crippen LogP contribution in [0.5, 0.6) is 0 Å². The van der Waals surface area contributed by atoms with Crippen LogP contribution < -0.4 is 10.2 Å². The molecule has 34 heavy (non-hydrogen) atoms. The zero-order chi connectivity index (χ0) is 23.8. The van der Waals surface area contributed by atoms with E-state index < -0.39 is 17.6 Å². The molecule has 2 fully saturated rings. The average Bonchev–Trinajstić information content (AvgIpc) is 3.50. The fraction of sp³-hybridized carbons (Fsp3) is 0.250. The SMILES string of the molecule is O=C(CN1C(=O)/C(=C2\SC(=S)N(C[C@@H]3CCCO3)C2=O)c2ccccc21)Nc1ccc(F)cc1. The third kappa shape index (κ3) is 4.24. The van der Waals surface area contributed by atoms with E-state index in [1.54, 1.807) is 24.3 Å². The number of carbonyl (C=O) groups excluding carboxylic acids is 3. The van der Waals surface area contributed by atoms with Crippen LogP contribution in [0, 0.1) is 5.82 Å². The zero-order valence-electron chi connectivity index (χ0n) is 18.0. The minimum absolute atomic E-state index is 0.0647. The number of hydrogen-bond donors (Lipinski definition) is 1. The van der Waals surface area contributed by atoms with E-state index in [2.05, 4.69) is 5.32 Å². The van der Waals surface area contributed by atoms with Crippen molar-refractivity contribution in [2.24, 2.45) is 0 Å². The van der Waals surface area contributed by atoms with Crippen LogP contribution in [0.4, 0.5) is 15.8 Å². The highest BCUT2D eigenvalue weighted by Crippen LogP contribution is 2.44. The van der Waals surface area contributed by atoms with Gasteiger partial charge in [-0.3, -0.25) is 24.2 Å². The van der Waals surface area contributed by atoms with Gasteiger partial charge >= 0.3 is 0 Å². The molecular weight excluding hydrogens is 477 g/mol. The topological polar surface area (TPSA) is 79.0 Å². The van der Waals surface area contributed by atoms with Crippen LogP contribution in [0.2, 0.25) is 0 Å². The molecule has 0 spiro atoms. The van der Waals surface area contributed by atoms with Crippen LogP contribution >= 0.6 is 24.0 Å². The number of ether oxygens (including phenoxy) is 1. The second-order valence-corrected chi connectivity index (χ2v) is 9.73. The lowest BCUT2D eigenvalue weighted by molar-refractivity contribution is -0.123. The molecule has 3 amide bonds. The number of fused-ring (bicyclic) bond motifs is 1. The third-order valence-electron chi connectivity index (χ3n) is 5.84. The van der Waals surface area contributed by atoms with E-state index in [1.807, 2.05) is 0 Å². The Kier molecular flexibility index (Phi) is 6.20. The molecule has 2 saturated heterocycles. The van der Waals surface area contributed by atoms with Gasteiger partial charge in [-0.2, -0.15) is 0 Å². The van der Waals surface area contributed by atoms with Gasteiger partial charge in [-0.25, -0.2) is 4.39 Å². The lowest BCUT2D eigenvalue weighted by atomic mass is 10.1. The van der Waals surface area contributed by atoms with Crippen molar-refractivity contribution < 1.29 is 23.5 Å². The molecule has 3 aliphatic heterocycles. The predicted octanol–water partition coefficient (Wildman–Crippen LogP) is 3.56. The number of benzene rings is 2. The van der Waals surface area contributed by atoms with Gasteiger partial charge in [0.15, 0.2) is 0 Å². The first-order valence-corrected chi connectivity index (χ1v) is 12.0. The van der Waals surface area contributed by atoms with E-state index in [0.717, 1.165) is 24.6 Å². The van der Waals surface area contributed by atoms with Crippen molar-refractivity contribution >= 4 is 63.0 Å². The number of halogens is 1. The fourth-order valence-corrected chi connectivity index (χ4v) is 5.58. The molecule has 5 rings (SSSR count). The van der Waals surface area contributed by atoms with E-state index in [9.17, 15) is 18.8 Å². The summed E-state index contributed by atoms with van der Waals surface area (Å²) in [4.78, 5) is 42.5. The monoisotopic (exact) mass is 497 g/mol. The number of nitrogens with zero attached hydrogens (tertiary/aromatic N) is 2. The van der Waals surface area contributed by atoms with Crippen LogP contribution in [0.3, 0.4) is 0 Å². The van der Waals surface area contributed by atoms with Crippen LogP contribution in [0.15, 0.2) is 53.4 Å². The Balaban J connectivity index is 1.41. The minimum atomic E-state index is -0.443. The number of nitrogens with one attached hydrogen (secondary N) is 1. The Morgan fingerprint density at radius 1 is 1.12 bits per heavy atom. The van der Waals surface area contributed by atoms with Crippen LogP contribution in [0.25, 0.3) is 5.57 Å². The van der Waals surface area contributed by atoms with E-state index in [-0.39, 0.29) is 29.0 Å². The first-order valence-electron chi connectivity index (χ1n) is 10.8. The quantitative estimate of drug-likeness (QED) is 0.503. The first-order chi connectivity index (χ1) is 16.4. The van der Waals surface area contributed by atoms with Crippen LogP contribution in [-0.2, 0) is 19.1 Å². The van der Waals surface area contributed by atoms with Crippen molar-refractivity contribution in [3.63, 3.8) is 0 Å². The van der Waals surface area contributed by atoms with E-state index in [1.165, 1.54) is 34.1 Å². The molecule has 3 aliphatic rings. The molecule has 2 aromatic rings. The lowest BCUT2D eigenvalue weighted by Crippen LogP contribution is -2.36. The summed E-state index contributed by atoms with van der Waals surface area (Å²) in [5, 5.41) is 2.66. The van der Waals surface area contributed by atoms with Gasteiger partial charge in [-0.05, 0) is 43.2 Å². The Bertz CT molecular complexity index is 1220. The largest absolute Gasteiger partial charge is 0.376 e. The summed E-state index contributed by atoms with van der Waals surface area (Å²) >= 11 is 6.55. The van der Waals surface area contributed by atoms with Crippen molar-refractivity contribution in [3.8, 4) is 0 Å². The maximum atomic E-state index is 13.5. The smallest absolute Gasteiger partial charge is 0.267 e. The minimum Gasteiger partial charge on any atom is -0.376 e. The molecule has 10 heteroatoms. The van der Waals surface area contributed by atoms with Gasteiger partial charge in [0.1, 0.15) is 16.7 Å². The highest BCUT2D eigenvalue weighted by molar-refractivity contribution is 8.26. The predicted molar refractivity (Wildman–Crippen MR) is 132 cm³/mol. The molecule has 3 heterocycles. The summed E-state index contributed by atoms with van der Waals surface area (Å²) < 4.78 is 19.2. The third-order valence-corrected chi connectivity index (χ3v) is 7.29. The van der Waals surface area contributed by atoms with Crippen molar-refractivity contribution in [2.45, 2.75) is 18.9 Å². The molecule has 7 nitrogen and oxygen atoms in total. The van der Waals surface area contributed by atoms with E-state index in [4.69, 9.17) is 17.0 Å². The normalized spacial score (nSPS) is 22.0. The van der Waals surface area contributed by atoms with Crippen molar-refractivity contribution in [2.75, 3.05) is 29.9 Å². The van der Waals surface area contributed by atoms with Gasteiger partial charge in [0.05, 0.1) is 28.8 Å². The number of amides is 3. The fourth-order valence-electron chi connectivity index (χ4n) is 4.23. The molecule has 174 valence electrons. The molecule has 0 unspecified atom stereocenters. The van der Waals surface area contributed by atoms with Crippen molar-refractivity contribution in [1.82, 2.24) is 4.90 Å². The molecule has 1 atom stereocenters. The first kappa shape index (κ1) is 22.7.